The van der Waals surface area contributed by atoms with E-state index in [-0.39, 0.29) is 29.8 Å². The first-order chi connectivity index (χ1) is 8.92. The van der Waals surface area contributed by atoms with Gasteiger partial charge in [-0.1, -0.05) is 0 Å². The van der Waals surface area contributed by atoms with Crippen LogP contribution in [0.25, 0.3) is 0 Å². The molecule has 0 aliphatic rings. The first-order valence-corrected chi connectivity index (χ1v) is 5.43. The van der Waals surface area contributed by atoms with Gasteiger partial charge in [-0.2, -0.15) is 0 Å². The molecule has 1 aromatic carbocycles. The fourth-order valence-electron chi connectivity index (χ4n) is 1.57. The number of carboxylic acids is 2. The van der Waals surface area contributed by atoms with E-state index in [1.807, 2.05) is 0 Å². The molecular formula is C12H13NO6. The van der Waals surface area contributed by atoms with Gasteiger partial charge in [0.1, 0.15) is 0 Å². The van der Waals surface area contributed by atoms with E-state index in [9.17, 15) is 14.4 Å². The van der Waals surface area contributed by atoms with Crippen LogP contribution in [0.1, 0.15) is 43.6 Å². The lowest BCUT2D eigenvalue weighted by Crippen LogP contribution is -2.16. The second kappa shape index (κ2) is 5.96. The Labute approximate surface area is 108 Å². The van der Waals surface area contributed by atoms with Crippen LogP contribution >= 0.6 is 0 Å². The maximum Gasteiger partial charge on any atom is 0.339 e. The molecule has 19 heavy (non-hydrogen) atoms. The summed E-state index contributed by atoms with van der Waals surface area (Å²) in [5.74, 6) is -3.54. The molecule has 1 rings (SSSR count). The van der Waals surface area contributed by atoms with Crippen molar-refractivity contribution in [3.63, 3.8) is 0 Å². The summed E-state index contributed by atoms with van der Waals surface area (Å²) in [5, 5.41) is 18.0. The van der Waals surface area contributed by atoms with Crippen LogP contribution < -0.4 is 5.73 Å². The highest BCUT2D eigenvalue weighted by molar-refractivity contribution is 6.05. The topological polar surface area (TPSA) is 127 Å². The van der Waals surface area contributed by atoms with Gasteiger partial charge in [0, 0.05) is 6.54 Å². The van der Waals surface area contributed by atoms with E-state index in [0.29, 0.717) is 0 Å². The Kier molecular flexibility index (Phi) is 4.60. The molecule has 0 saturated heterocycles. The summed E-state index contributed by atoms with van der Waals surface area (Å²) in [6.07, 6.45) is 0. The molecule has 0 aromatic heterocycles. The van der Waals surface area contributed by atoms with Gasteiger partial charge in [0.25, 0.3) is 0 Å². The van der Waals surface area contributed by atoms with Crippen LogP contribution in [0.3, 0.4) is 0 Å². The molecule has 0 unspecified atom stereocenters. The third-order valence-electron chi connectivity index (χ3n) is 2.42. The minimum absolute atomic E-state index is 0.0799. The summed E-state index contributed by atoms with van der Waals surface area (Å²) in [6.45, 7) is 1.53. The van der Waals surface area contributed by atoms with Gasteiger partial charge in [0.2, 0.25) is 0 Å². The van der Waals surface area contributed by atoms with Gasteiger partial charge in [-0.05, 0) is 24.6 Å². The average Bonchev–Trinajstić information content (AvgIpc) is 2.36. The normalized spacial score (nSPS) is 10.0. The van der Waals surface area contributed by atoms with Crippen molar-refractivity contribution in [1.82, 2.24) is 0 Å². The Morgan fingerprint density at radius 2 is 1.68 bits per heavy atom. The Morgan fingerprint density at radius 1 is 1.11 bits per heavy atom. The Morgan fingerprint density at radius 3 is 2.11 bits per heavy atom. The van der Waals surface area contributed by atoms with Gasteiger partial charge >= 0.3 is 17.9 Å². The van der Waals surface area contributed by atoms with Gasteiger partial charge in [-0.15, -0.1) is 0 Å². The number of esters is 1. The van der Waals surface area contributed by atoms with E-state index in [1.54, 1.807) is 6.92 Å². The van der Waals surface area contributed by atoms with Crippen LogP contribution in [0.5, 0.6) is 0 Å². The second-order valence-electron chi connectivity index (χ2n) is 3.59. The van der Waals surface area contributed by atoms with Crippen molar-refractivity contribution >= 4 is 17.9 Å². The van der Waals surface area contributed by atoms with Crippen molar-refractivity contribution in [1.29, 1.82) is 0 Å². The number of rotatable bonds is 5. The zero-order valence-corrected chi connectivity index (χ0v) is 10.2. The zero-order chi connectivity index (χ0) is 14.6. The monoisotopic (exact) mass is 267 g/mol. The number of nitrogens with two attached hydrogens (primary N) is 1. The molecule has 0 saturated carbocycles. The molecule has 0 heterocycles. The average molecular weight is 267 g/mol. The highest BCUT2D eigenvalue weighted by Crippen LogP contribution is 2.19. The zero-order valence-electron chi connectivity index (χ0n) is 10.2. The van der Waals surface area contributed by atoms with Crippen molar-refractivity contribution in [3.05, 3.63) is 34.4 Å². The maximum absolute atomic E-state index is 11.6. The molecule has 0 aliphatic heterocycles. The van der Waals surface area contributed by atoms with Crippen molar-refractivity contribution in [2.75, 3.05) is 6.61 Å². The van der Waals surface area contributed by atoms with Crippen LogP contribution in [0, 0.1) is 0 Å². The van der Waals surface area contributed by atoms with E-state index < -0.39 is 23.5 Å². The van der Waals surface area contributed by atoms with Crippen LogP contribution in [-0.4, -0.2) is 34.7 Å². The fraction of sp³-hybridized carbons (Fsp3) is 0.250. The number of carbonyl (C=O) groups is 3. The molecular weight excluding hydrogens is 254 g/mol. The van der Waals surface area contributed by atoms with Crippen LogP contribution in [0.4, 0.5) is 0 Å². The second-order valence-corrected chi connectivity index (χ2v) is 3.59. The first kappa shape index (κ1) is 14.7. The third-order valence-corrected chi connectivity index (χ3v) is 2.42. The summed E-state index contributed by atoms with van der Waals surface area (Å²) in [5.41, 5.74) is 4.69. The largest absolute Gasteiger partial charge is 0.478 e. The number of ether oxygens (including phenoxy) is 1. The van der Waals surface area contributed by atoms with E-state index in [4.69, 9.17) is 20.7 Å². The van der Waals surface area contributed by atoms with Gasteiger partial charge in [0.05, 0.1) is 23.3 Å². The number of hydrogen-bond donors (Lipinski definition) is 3. The number of hydrogen-bond acceptors (Lipinski definition) is 5. The van der Waals surface area contributed by atoms with Crippen LogP contribution in [0.15, 0.2) is 12.1 Å². The summed E-state index contributed by atoms with van der Waals surface area (Å²) in [6, 6.07) is 2.06. The lowest BCUT2D eigenvalue weighted by Gasteiger charge is -2.10. The summed E-state index contributed by atoms with van der Waals surface area (Å²) >= 11 is 0. The summed E-state index contributed by atoms with van der Waals surface area (Å²) in [7, 11) is 0. The molecule has 0 atom stereocenters. The van der Waals surface area contributed by atoms with Gasteiger partial charge in [-0.25, -0.2) is 14.4 Å². The molecule has 0 fully saturated rings. The lowest BCUT2D eigenvalue weighted by atomic mass is 9.98. The minimum Gasteiger partial charge on any atom is -0.478 e. The number of benzene rings is 1. The van der Waals surface area contributed by atoms with E-state index in [2.05, 4.69) is 0 Å². The Balaban J connectivity index is 3.49. The van der Waals surface area contributed by atoms with Crippen molar-refractivity contribution in [3.8, 4) is 0 Å². The summed E-state index contributed by atoms with van der Waals surface area (Å²) < 4.78 is 4.73. The van der Waals surface area contributed by atoms with Gasteiger partial charge in [-0.3, -0.25) is 0 Å². The maximum atomic E-state index is 11.6. The van der Waals surface area contributed by atoms with Crippen LogP contribution in [0.2, 0.25) is 0 Å². The number of aromatic carboxylic acids is 2. The number of carbonyl (C=O) groups excluding carboxylic acids is 1. The molecule has 0 amide bonds. The van der Waals surface area contributed by atoms with Crippen LogP contribution in [-0.2, 0) is 11.3 Å². The fourth-order valence-corrected chi connectivity index (χ4v) is 1.57. The van der Waals surface area contributed by atoms with E-state index >= 15 is 0 Å². The molecule has 1 aromatic rings. The molecule has 7 nitrogen and oxygen atoms in total. The molecule has 4 N–H and O–H groups in total. The lowest BCUT2D eigenvalue weighted by molar-refractivity contribution is 0.0513. The predicted molar refractivity (Wildman–Crippen MR) is 64.2 cm³/mol. The van der Waals surface area contributed by atoms with Crippen molar-refractivity contribution in [2.45, 2.75) is 13.5 Å². The highest BCUT2D eigenvalue weighted by Gasteiger charge is 2.22. The standard InChI is InChI=1S/C12H13NO6/c1-2-19-12(18)9-3-6(5-13)7(10(14)15)4-8(9)11(16)17/h3-4H,2,5,13H2,1H3,(H,14,15)(H,16,17). The van der Waals surface area contributed by atoms with Gasteiger partial charge < -0.3 is 20.7 Å². The van der Waals surface area contributed by atoms with E-state index in [1.165, 1.54) is 0 Å². The quantitative estimate of drug-likeness (QED) is 0.670. The Bertz CT molecular complexity index is 537. The first-order valence-electron chi connectivity index (χ1n) is 5.43. The van der Waals surface area contributed by atoms with Gasteiger partial charge in [0.15, 0.2) is 0 Å². The molecule has 0 aliphatic carbocycles. The Hall–Kier alpha value is -2.41. The smallest absolute Gasteiger partial charge is 0.339 e. The SMILES string of the molecule is CCOC(=O)c1cc(CN)c(C(=O)O)cc1C(=O)O. The minimum atomic E-state index is -1.41. The molecule has 0 bridgehead atoms. The van der Waals surface area contributed by atoms with Crippen molar-refractivity contribution < 1.29 is 29.3 Å². The number of carboxylic acid groups (broad SMARTS) is 2. The predicted octanol–water partition coefficient (Wildman–Crippen LogP) is 0.718. The van der Waals surface area contributed by atoms with Crippen molar-refractivity contribution in [2.24, 2.45) is 5.73 Å². The molecule has 102 valence electrons. The summed E-state index contributed by atoms with van der Waals surface area (Å²) in [4.78, 5) is 33.7. The molecule has 7 heteroatoms. The molecule has 0 spiro atoms. The highest BCUT2D eigenvalue weighted by atomic mass is 16.5. The third kappa shape index (κ3) is 3.08. The molecule has 0 radical (unpaired) electrons. The van der Waals surface area contributed by atoms with E-state index in [0.717, 1.165) is 12.1 Å².